The Morgan fingerprint density at radius 1 is 1.10 bits per heavy atom. The predicted octanol–water partition coefficient (Wildman–Crippen LogP) is 2.27. The van der Waals surface area contributed by atoms with Crippen LogP contribution in [-0.4, -0.2) is 47.9 Å². The summed E-state index contributed by atoms with van der Waals surface area (Å²) in [6.45, 7) is 1.13. The Hall–Kier alpha value is -2.88. The monoisotopic (exact) mass is 425 g/mol. The van der Waals surface area contributed by atoms with E-state index in [1.807, 2.05) is 0 Å². The van der Waals surface area contributed by atoms with Gasteiger partial charge in [-0.25, -0.2) is 17.8 Å². The lowest BCUT2D eigenvalue weighted by Gasteiger charge is -2.27. The Balaban J connectivity index is 1.54. The van der Waals surface area contributed by atoms with Crippen molar-refractivity contribution >= 4 is 15.8 Å². The lowest BCUT2D eigenvalue weighted by atomic mass is 10.0. The number of aromatic nitrogens is 2. The van der Waals surface area contributed by atoms with Crippen LogP contribution in [0, 0.1) is 5.82 Å². The molecule has 0 aliphatic carbocycles. The molecule has 2 fully saturated rings. The predicted molar refractivity (Wildman–Crippen MR) is 111 cm³/mol. The van der Waals surface area contributed by atoms with Crippen LogP contribution in [0.4, 0.5) is 10.2 Å². The van der Waals surface area contributed by atoms with Gasteiger partial charge >= 0.3 is 0 Å². The van der Waals surface area contributed by atoms with Crippen LogP contribution in [0.25, 0.3) is 22.4 Å². The van der Waals surface area contributed by atoms with Crippen molar-refractivity contribution in [2.45, 2.75) is 23.4 Å². The van der Waals surface area contributed by atoms with Crippen molar-refractivity contribution in [2.75, 3.05) is 18.8 Å². The highest BCUT2D eigenvalue weighted by atomic mass is 32.2. The number of sulfonamides is 1. The van der Waals surface area contributed by atoms with Crippen molar-refractivity contribution < 1.29 is 12.8 Å². The molecule has 0 unspecified atom stereocenters. The molecule has 3 aromatic rings. The number of halogens is 1. The van der Waals surface area contributed by atoms with Gasteiger partial charge in [0.15, 0.2) is 0 Å². The zero-order valence-electron chi connectivity index (χ0n) is 16.0. The summed E-state index contributed by atoms with van der Waals surface area (Å²) in [5.41, 5.74) is 7.13. The molecule has 9 heteroatoms. The van der Waals surface area contributed by atoms with Crippen molar-refractivity contribution in [1.29, 1.82) is 0 Å². The van der Waals surface area contributed by atoms with Gasteiger partial charge in [0, 0.05) is 36.3 Å². The highest BCUT2D eigenvalue weighted by Crippen LogP contribution is 2.35. The molecular weight excluding hydrogens is 405 g/mol. The van der Waals surface area contributed by atoms with Crippen LogP contribution in [0.2, 0.25) is 0 Å². The molecular formula is C21H20FN5O2S. The van der Waals surface area contributed by atoms with Crippen LogP contribution < -0.4 is 11.1 Å². The smallest absolute Gasteiger partial charge is 0.244 e. The molecule has 5 rings (SSSR count). The standard InChI is InChI=1S/C21H20FN5O2S/c22-18-7-13(5-6-17(18)19-10-26-21(23)11-25-19)16-3-1-2-4-20(16)30(28,29)27-12-14-8-15(27)9-24-14/h1-7,10-11,14-15,24H,8-9,12H2,(H2,23,26)/t14-,15-/m0/s1. The molecule has 0 spiro atoms. The van der Waals surface area contributed by atoms with E-state index in [4.69, 9.17) is 5.73 Å². The summed E-state index contributed by atoms with van der Waals surface area (Å²) >= 11 is 0. The average Bonchev–Trinajstić information content (AvgIpc) is 3.39. The first kappa shape index (κ1) is 19.1. The topological polar surface area (TPSA) is 101 Å². The number of benzene rings is 2. The molecule has 2 bridgehead atoms. The van der Waals surface area contributed by atoms with Gasteiger partial charge in [0.1, 0.15) is 11.6 Å². The molecule has 7 nitrogen and oxygen atoms in total. The van der Waals surface area contributed by atoms with Crippen molar-refractivity contribution in [3.05, 3.63) is 60.7 Å². The van der Waals surface area contributed by atoms with Gasteiger partial charge in [0.05, 0.1) is 23.0 Å². The third-order valence-electron chi connectivity index (χ3n) is 5.71. The number of rotatable bonds is 4. The first-order valence-electron chi connectivity index (χ1n) is 9.65. The molecule has 1 aromatic heterocycles. The second-order valence-corrected chi connectivity index (χ2v) is 9.45. The fraction of sp³-hybridized carbons (Fsp3) is 0.238. The molecule has 30 heavy (non-hydrogen) atoms. The number of nitrogens with zero attached hydrogens (tertiary/aromatic N) is 3. The highest BCUT2D eigenvalue weighted by molar-refractivity contribution is 7.89. The Bertz CT molecular complexity index is 1220. The number of piperazine rings is 1. The van der Waals surface area contributed by atoms with E-state index in [0.29, 0.717) is 29.9 Å². The van der Waals surface area contributed by atoms with Crippen molar-refractivity contribution in [2.24, 2.45) is 0 Å². The Kier molecular flexibility index (Phi) is 4.53. The van der Waals surface area contributed by atoms with Crippen LogP contribution in [0.3, 0.4) is 0 Å². The van der Waals surface area contributed by atoms with Gasteiger partial charge in [-0.15, -0.1) is 0 Å². The Morgan fingerprint density at radius 2 is 1.93 bits per heavy atom. The Labute approximate surface area is 173 Å². The van der Waals surface area contributed by atoms with E-state index in [9.17, 15) is 12.8 Å². The maximum absolute atomic E-state index is 14.9. The summed E-state index contributed by atoms with van der Waals surface area (Å²) in [5.74, 6) is -0.260. The normalized spacial score (nSPS) is 21.2. The minimum atomic E-state index is -3.69. The average molecular weight is 425 g/mol. The summed E-state index contributed by atoms with van der Waals surface area (Å²) < 4.78 is 43.3. The van der Waals surface area contributed by atoms with E-state index in [1.54, 1.807) is 40.7 Å². The molecule has 2 saturated heterocycles. The molecule has 0 saturated carbocycles. The van der Waals surface area contributed by atoms with Crippen LogP contribution in [0.15, 0.2) is 59.8 Å². The lowest BCUT2D eigenvalue weighted by molar-refractivity contribution is 0.349. The number of nitrogen functional groups attached to an aromatic ring is 1. The van der Waals surface area contributed by atoms with Gasteiger partial charge in [0.25, 0.3) is 0 Å². The van der Waals surface area contributed by atoms with Crippen LogP contribution in [0.5, 0.6) is 0 Å². The SMILES string of the molecule is Nc1cnc(-c2ccc(-c3ccccc3S(=O)(=O)N3C[C@@H]4C[C@H]3CN4)cc2F)cn1. The molecule has 3 N–H and O–H groups in total. The number of hydrogen-bond acceptors (Lipinski definition) is 6. The maximum atomic E-state index is 14.9. The van der Waals surface area contributed by atoms with Crippen LogP contribution >= 0.6 is 0 Å². The fourth-order valence-corrected chi connectivity index (χ4v) is 6.14. The van der Waals surface area contributed by atoms with E-state index in [-0.39, 0.29) is 28.4 Å². The van der Waals surface area contributed by atoms with Gasteiger partial charge < -0.3 is 11.1 Å². The number of nitrogens with two attached hydrogens (primary N) is 1. The van der Waals surface area contributed by atoms with Crippen LogP contribution in [-0.2, 0) is 10.0 Å². The van der Waals surface area contributed by atoms with Gasteiger partial charge in [-0.1, -0.05) is 24.3 Å². The summed E-state index contributed by atoms with van der Waals surface area (Å²) in [7, 11) is -3.69. The fourth-order valence-electron chi connectivity index (χ4n) is 4.24. The van der Waals surface area contributed by atoms with Crippen molar-refractivity contribution in [3.63, 3.8) is 0 Å². The first-order valence-corrected chi connectivity index (χ1v) is 11.1. The minimum absolute atomic E-state index is 0.0312. The molecule has 2 aliphatic heterocycles. The number of anilines is 1. The maximum Gasteiger partial charge on any atom is 0.244 e. The van der Waals surface area contributed by atoms with Crippen molar-refractivity contribution in [1.82, 2.24) is 19.6 Å². The zero-order chi connectivity index (χ0) is 20.9. The molecule has 0 radical (unpaired) electrons. The van der Waals surface area contributed by atoms with E-state index in [2.05, 4.69) is 15.3 Å². The second kappa shape index (κ2) is 7.12. The van der Waals surface area contributed by atoms with Crippen LogP contribution in [0.1, 0.15) is 6.42 Å². The minimum Gasteiger partial charge on any atom is -0.382 e. The largest absolute Gasteiger partial charge is 0.382 e. The number of fused-ring (bicyclic) bond motifs is 2. The summed E-state index contributed by atoms with van der Waals surface area (Å²) in [6.07, 6.45) is 3.60. The Morgan fingerprint density at radius 3 is 2.60 bits per heavy atom. The molecule has 2 aromatic carbocycles. The molecule has 0 amide bonds. The van der Waals surface area contributed by atoms with E-state index in [0.717, 1.165) is 6.42 Å². The zero-order valence-corrected chi connectivity index (χ0v) is 16.8. The number of nitrogens with one attached hydrogen (secondary N) is 1. The molecule has 154 valence electrons. The van der Waals surface area contributed by atoms with Crippen molar-refractivity contribution in [3.8, 4) is 22.4 Å². The lowest BCUT2D eigenvalue weighted by Crippen LogP contribution is -2.46. The third kappa shape index (κ3) is 3.15. The van der Waals surface area contributed by atoms with Gasteiger partial charge in [0.2, 0.25) is 10.0 Å². The summed E-state index contributed by atoms with van der Waals surface area (Å²) in [4.78, 5) is 8.24. The van der Waals surface area contributed by atoms with E-state index >= 15 is 0 Å². The third-order valence-corrected chi connectivity index (χ3v) is 7.68. The van der Waals surface area contributed by atoms with Gasteiger partial charge in [-0.05, 0) is 30.2 Å². The summed E-state index contributed by atoms with van der Waals surface area (Å²) in [5, 5.41) is 3.31. The van der Waals surface area contributed by atoms with Gasteiger partial charge in [-0.3, -0.25) is 4.98 Å². The summed E-state index contributed by atoms with van der Waals surface area (Å²) in [6, 6.07) is 11.5. The van der Waals surface area contributed by atoms with Gasteiger partial charge in [-0.2, -0.15) is 4.31 Å². The quantitative estimate of drug-likeness (QED) is 0.665. The number of hydrogen-bond donors (Lipinski definition) is 2. The second-order valence-electron chi connectivity index (χ2n) is 7.59. The molecule has 2 atom stereocenters. The highest BCUT2D eigenvalue weighted by Gasteiger charge is 2.44. The molecule has 2 aliphatic rings. The molecule has 3 heterocycles. The first-order chi connectivity index (χ1) is 14.4. The van der Waals surface area contributed by atoms with E-state index < -0.39 is 15.8 Å². The van der Waals surface area contributed by atoms with E-state index in [1.165, 1.54) is 18.5 Å².